The van der Waals surface area contributed by atoms with Crippen LogP contribution in [0, 0.1) is 5.92 Å². The normalized spacial score (nSPS) is 28.6. The van der Waals surface area contributed by atoms with E-state index in [4.69, 9.17) is 9.47 Å². The first kappa shape index (κ1) is 15.1. The van der Waals surface area contributed by atoms with Gasteiger partial charge in [-0.25, -0.2) is 0 Å². The van der Waals surface area contributed by atoms with Crippen molar-refractivity contribution in [2.75, 3.05) is 6.61 Å². The summed E-state index contributed by atoms with van der Waals surface area (Å²) in [7, 11) is 0. The van der Waals surface area contributed by atoms with E-state index in [1.165, 1.54) is 0 Å². The van der Waals surface area contributed by atoms with E-state index < -0.39 is 17.6 Å². The fraction of sp³-hybridized carbons (Fsp3) is 0.769. The molecule has 0 amide bonds. The summed E-state index contributed by atoms with van der Waals surface area (Å²) in [6, 6.07) is 0. The SMILES string of the molecule is C=CC1CC1(NC(O)OC(C)(C)C)C(=O)OCC. The molecule has 1 fully saturated rings. The lowest BCUT2D eigenvalue weighted by atomic mass is 10.2. The molecule has 1 aliphatic rings. The Bertz CT molecular complexity index is 323. The first-order valence-electron chi connectivity index (χ1n) is 6.18. The summed E-state index contributed by atoms with van der Waals surface area (Å²) < 4.78 is 10.4. The van der Waals surface area contributed by atoms with E-state index in [2.05, 4.69) is 11.9 Å². The van der Waals surface area contributed by atoms with Gasteiger partial charge in [0.05, 0.1) is 12.2 Å². The van der Waals surface area contributed by atoms with Gasteiger partial charge in [0.15, 0.2) is 0 Å². The molecule has 0 saturated heterocycles. The van der Waals surface area contributed by atoms with E-state index in [1.807, 2.05) is 20.8 Å². The van der Waals surface area contributed by atoms with Crippen LogP contribution < -0.4 is 5.32 Å². The minimum absolute atomic E-state index is 0.0326. The van der Waals surface area contributed by atoms with Gasteiger partial charge in [-0.2, -0.15) is 0 Å². The molecule has 0 aromatic rings. The van der Waals surface area contributed by atoms with Crippen LogP contribution in [0.2, 0.25) is 0 Å². The van der Waals surface area contributed by atoms with Crippen molar-refractivity contribution >= 4 is 5.97 Å². The molecule has 1 rings (SSSR count). The molecule has 0 spiro atoms. The van der Waals surface area contributed by atoms with Crippen LogP contribution in [0.4, 0.5) is 0 Å². The third-order valence-electron chi connectivity index (χ3n) is 2.79. The topological polar surface area (TPSA) is 67.8 Å². The number of esters is 1. The zero-order chi connectivity index (χ0) is 14.0. The van der Waals surface area contributed by atoms with Gasteiger partial charge in [0.2, 0.25) is 6.41 Å². The third kappa shape index (κ3) is 3.54. The van der Waals surface area contributed by atoms with Crippen LogP contribution in [0.1, 0.15) is 34.1 Å². The van der Waals surface area contributed by atoms with Gasteiger partial charge < -0.3 is 14.6 Å². The number of aliphatic hydroxyl groups is 1. The molecular formula is C13H23NO4. The summed E-state index contributed by atoms with van der Waals surface area (Å²) >= 11 is 0. The maximum absolute atomic E-state index is 11.9. The lowest BCUT2D eigenvalue weighted by Crippen LogP contribution is -2.50. The van der Waals surface area contributed by atoms with Gasteiger partial charge in [0.1, 0.15) is 5.54 Å². The number of hydrogen-bond acceptors (Lipinski definition) is 5. The van der Waals surface area contributed by atoms with Gasteiger partial charge in [0, 0.05) is 5.92 Å². The molecule has 0 aromatic heterocycles. The minimum Gasteiger partial charge on any atom is -0.465 e. The Labute approximate surface area is 108 Å². The monoisotopic (exact) mass is 257 g/mol. The highest BCUT2D eigenvalue weighted by molar-refractivity contribution is 5.85. The Morgan fingerprint density at radius 3 is 2.67 bits per heavy atom. The summed E-state index contributed by atoms with van der Waals surface area (Å²) in [6.07, 6.45) is 1.05. The van der Waals surface area contributed by atoms with Crippen LogP contribution in [0.5, 0.6) is 0 Å². The molecule has 0 aromatic carbocycles. The summed E-state index contributed by atoms with van der Waals surface area (Å²) in [5.41, 5.74) is -1.39. The molecule has 5 heteroatoms. The Morgan fingerprint density at radius 2 is 2.28 bits per heavy atom. The second-order valence-corrected chi connectivity index (χ2v) is 5.47. The molecule has 18 heavy (non-hydrogen) atoms. The molecule has 104 valence electrons. The van der Waals surface area contributed by atoms with Crippen molar-refractivity contribution in [1.82, 2.24) is 5.32 Å². The number of carbonyl (C=O) groups excluding carboxylic acids is 1. The van der Waals surface area contributed by atoms with Crippen molar-refractivity contribution in [3.05, 3.63) is 12.7 Å². The number of carbonyl (C=O) groups is 1. The summed E-state index contributed by atoms with van der Waals surface area (Å²) in [5, 5.41) is 12.6. The van der Waals surface area contributed by atoms with Crippen molar-refractivity contribution in [3.8, 4) is 0 Å². The van der Waals surface area contributed by atoms with Crippen LogP contribution in [0.15, 0.2) is 12.7 Å². The zero-order valence-corrected chi connectivity index (χ0v) is 11.5. The molecule has 2 N–H and O–H groups in total. The number of hydrogen-bond donors (Lipinski definition) is 2. The Kier molecular flexibility index (Phi) is 4.53. The molecule has 0 radical (unpaired) electrons. The number of ether oxygens (including phenoxy) is 2. The van der Waals surface area contributed by atoms with Crippen molar-refractivity contribution in [3.63, 3.8) is 0 Å². The fourth-order valence-electron chi connectivity index (χ4n) is 1.88. The molecule has 5 nitrogen and oxygen atoms in total. The molecule has 0 heterocycles. The first-order valence-corrected chi connectivity index (χ1v) is 6.18. The van der Waals surface area contributed by atoms with Crippen LogP contribution in [0.25, 0.3) is 0 Å². The Hall–Kier alpha value is -0.910. The van der Waals surface area contributed by atoms with Gasteiger partial charge in [-0.05, 0) is 34.1 Å². The van der Waals surface area contributed by atoms with Gasteiger partial charge in [-0.1, -0.05) is 6.08 Å². The molecule has 3 unspecified atom stereocenters. The summed E-state index contributed by atoms with van der Waals surface area (Å²) in [5.74, 6) is -0.402. The van der Waals surface area contributed by atoms with Gasteiger partial charge in [-0.3, -0.25) is 10.1 Å². The third-order valence-corrected chi connectivity index (χ3v) is 2.79. The predicted octanol–water partition coefficient (Wildman–Crippen LogP) is 1.17. The van der Waals surface area contributed by atoms with E-state index in [9.17, 15) is 9.90 Å². The Balaban J connectivity index is 2.65. The second kappa shape index (κ2) is 5.38. The van der Waals surface area contributed by atoms with Crippen LogP contribution >= 0.6 is 0 Å². The van der Waals surface area contributed by atoms with E-state index in [1.54, 1.807) is 13.0 Å². The van der Waals surface area contributed by atoms with Crippen LogP contribution in [0.3, 0.4) is 0 Å². The largest absolute Gasteiger partial charge is 0.465 e. The molecule has 1 saturated carbocycles. The Morgan fingerprint density at radius 1 is 1.67 bits per heavy atom. The highest BCUT2D eigenvalue weighted by Gasteiger charge is 2.61. The molecule has 0 bridgehead atoms. The quantitative estimate of drug-likeness (QED) is 0.425. The molecule has 0 aliphatic heterocycles. The van der Waals surface area contributed by atoms with E-state index in [-0.39, 0.29) is 11.9 Å². The zero-order valence-electron chi connectivity index (χ0n) is 11.5. The van der Waals surface area contributed by atoms with Gasteiger partial charge in [-0.15, -0.1) is 6.58 Å². The lowest BCUT2D eigenvalue weighted by Gasteiger charge is -2.27. The van der Waals surface area contributed by atoms with E-state index >= 15 is 0 Å². The van der Waals surface area contributed by atoms with E-state index in [0.29, 0.717) is 13.0 Å². The average molecular weight is 257 g/mol. The highest BCUT2D eigenvalue weighted by Crippen LogP contribution is 2.45. The average Bonchev–Trinajstić information content (AvgIpc) is 2.90. The standard InChI is InChI=1S/C13H23NO4/c1-6-9-8-13(9,10(15)17-7-2)14-11(16)18-12(3,4)5/h6,9,11,14,16H,1,7-8H2,2-5H3. The van der Waals surface area contributed by atoms with Crippen LogP contribution in [-0.2, 0) is 14.3 Å². The minimum atomic E-state index is -1.21. The van der Waals surface area contributed by atoms with Crippen molar-refractivity contribution in [2.45, 2.75) is 51.7 Å². The van der Waals surface area contributed by atoms with Gasteiger partial charge in [0.25, 0.3) is 0 Å². The summed E-state index contributed by atoms with van der Waals surface area (Å²) in [6.45, 7) is 11.2. The number of nitrogens with one attached hydrogen (secondary N) is 1. The molecule has 1 aliphatic carbocycles. The van der Waals surface area contributed by atoms with Crippen molar-refractivity contribution in [1.29, 1.82) is 0 Å². The van der Waals surface area contributed by atoms with Crippen LogP contribution in [-0.4, -0.2) is 35.2 Å². The van der Waals surface area contributed by atoms with Crippen molar-refractivity contribution < 1.29 is 19.4 Å². The maximum Gasteiger partial charge on any atom is 0.327 e. The van der Waals surface area contributed by atoms with Crippen molar-refractivity contribution in [2.24, 2.45) is 5.92 Å². The molecular weight excluding hydrogens is 234 g/mol. The number of rotatable bonds is 6. The molecule has 3 atom stereocenters. The second-order valence-electron chi connectivity index (χ2n) is 5.47. The fourth-order valence-corrected chi connectivity index (χ4v) is 1.88. The summed E-state index contributed by atoms with van der Waals surface area (Å²) in [4.78, 5) is 11.9. The maximum atomic E-state index is 11.9. The predicted molar refractivity (Wildman–Crippen MR) is 67.6 cm³/mol. The lowest BCUT2D eigenvalue weighted by molar-refractivity contribution is -0.192. The highest BCUT2D eigenvalue weighted by atomic mass is 16.6. The first-order chi connectivity index (χ1) is 8.25. The van der Waals surface area contributed by atoms with E-state index in [0.717, 1.165) is 0 Å². The number of aliphatic hydroxyl groups excluding tert-OH is 1. The smallest absolute Gasteiger partial charge is 0.327 e. The van der Waals surface area contributed by atoms with Gasteiger partial charge >= 0.3 is 5.97 Å².